The van der Waals surface area contributed by atoms with Crippen molar-refractivity contribution in [2.75, 3.05) is 0 Å². The van der Waals surface area contributed by atoms with Crippen LogP contribution in [0, 0.1) is 23.2 Å². The second kappa shape index (κ2) is 6.12. The van der Waals surface area contributed by atoms with Gasteiger partial charge in [-0.15, -0.1) is 0 Å². The Balaban J connectivity index is 2.45. The minimum absolute atomic E-state index is 0.396. The maximum atomic E-state index is 8.73. The van der Waals surface area contributed by atoms with Crippen LogP contribution in [0.1, 0.15) is 52.9 Å². The summed E-state index contributed by atoms with van der Waals surface area (Å²) >= 11 is 0. The van der Waals surface area contributed by atoms with E-state index < -0.39 is 0 Å². The highest BCUT2D eigenvalue weighted by molar-refractivity contribution is 4.87. The van der Waals surface area contributed by atoms with E-state index >= 15 is 0 Å². The van der Waals surface area contributed by atoms with E-state index in [1.165, 1.54) is 19.3 Å². The quantitative estimate of drug-likeness (QED) is 0.770. The van der Waals surface area contributed by atoms with E-state index in [0.717, 1.165) is 18.3 Å². The molecule has 1 N–H and O–H groups in total. The molecular formula is C13H24N2. The third-order valence-electron chi connectivity index (χ3n) is 3.99. The molecule has 0 amide bonds. The molecular weight excluding hydrogens is 184 g/mol. The highest BCUT2D eigenvalue weighted by Crippen LogP contribution is 2.29. The van der Waals surface area contributed by atoms with E-state index in [1.54, 1.807) is 0 Å². The van der Waals surface area contributed by atoms with Crippen molar-refractivity contribution in [1.82, 2.24) is 5.32 Å². The lowest BCUT2D eigenvalue weighted by atomic mass is 9.77. The second-order valence-electron chi connectivity index (χ2n) is 5.01. The summed E-state index contributed by atoms with van der Waals surface area (Å²) in [5.41, 5.74) is 0. The average Bonchev–Trinajstić information content (AvgIpc) is 2.24. The topological polar surface area (TPSA) is 35.8 Å². The van der Waals surface area contributed by atoms with Gasteiger partial charge in [0.1, 0.15) is 0 Å². The zero-order chi connectivity index (χ0) is 11.3. The highest BCUT2D eigenvalue weighted by Gasteiger charge is 2.27. The molecule has 0 aromatic rings. The maximum absolute atomic E-state index is 8.73. The fourth-order valence-electron chi connectivity index (χ4n) is 2.55. The number of rotatable bonds is 4. The van der Waals surface area contributed by atoms with Crippen molar-refractivity contribution in [2.45, 2.75) is 65.0 Å². The molecule has 86 valence electrons. The SMILES string of the molecule is CCC(CC#N)NC1CCCC(C)C1C. The van der Waals surface area contributed by atoms with Gasteiger partial charge in [-0.3, -0.25) is 0 Å². The van der Waals surface area contributed by atoms with Crippen LogP contribution in [0.3, 0.4) is 0 Å². The average molecular weight is 208 g/mol. The molecule has 2 nitrogen and oxygen atoms in total. The van der Waals surface area contributed by atoms with Gasteiger partial charge < -0.3 is 5.32 Å². The van der Waals surface area contributed by atoms with Gasteiger partial charge in [-0.05, 0) is 24.7 Å². The van der Waals surface area contributed by atoms with E-state index in [2.05, 4.69) is 32.2 Å². The van der Waals surface area contributed by atoms with Gasteiger partial charge in [-0.25, -0.2) is 0 Å². The summed E-state index contributed by atoms with van der Waals surface area (Å²) in [6, 6.07) is 3.30. The van der Waals surface area contributed by atoms with Crippen molar-refractivity contribution < 1.29 is 0 Å². The number of nitriles is 1. The fourth-order valence-corrected chi connectivity index (χ4v) is 2.55. The molecule has 0 heterocycles. The van der Waals surface area contributed by atoms with Gasteiger partial charge in [0.2, 0.25) is 0 Å². The van der Waals surface area contributed by atoms with Crippen LogP contribution in [0.15, 0.2) is 0 Å². The molecule has 4 atom stereocenters. The molecule has 2 heteroatoms. The number of hydrogen-bond donors (Lipinski definition) is 1. The molecule has 1 aliphatic carbocycles. The third kappa shape index (κ3) is 3.50. The Bertz CT molecular complexity index is 219. The van der Waals surface area contributed by atoms with Gasteiger partial charge in [0.15, 0.2) is 0 Å². The van der Waals surface area contributed by atoms with Crippen LogP contribution in [0.2, 0.25) is 0 Å². The molecule has 4 unspecified atom stereocenters. The lowest BCUT2D eigenvalue weighted by molar-refractivity contribution is 0.192. The van der Waals surface area contributed by atoms with Crippen LogP contribution in [-0.4, -0.2) is 12.1 Å². The molecule has 0 radical (unpaired) electrons. The van der Waals surface area contributed by atoms with Gasteiger partial charge >= 0.3 is 0 Å². The summed E-state index contributed by atoms with van der Waals surface area (Å²) in [7, 11) is 0. The largest absolute Gasteiger partial charge is 0.310 e. The molecule has 0 aromatic heterocycles. The minimum Gasteiger partial charge on any atom is -0.310 e. The summed E-state index contributed by atoms with van der Waals surface area (Å²) in [4.78, 5) is 0. The van der Waals surface area contributed by atoms with Crippen LogP contribution < -0.4 is 5.32 Å². The van der Waals surface area contributed by atoms with Crippen molar-refractivity contribution in [2.24, 2.45) is 11.8 Å². The van der Waals surface area contributed by atoms with Gasteiger partial charge in [0.25, 0.3) is 0 Å². The van der Waals surface area contributed by atoms with Crippen LogP contribution in [0.4, 0.5) is 0 Å². The molecule has 0 saturated heterocycles. The van der Waals surface area contributed by atoms with Gasteiger partial charge in [-0.2, -0.15) is 5.26 Å². The Labute approximate surface area is 94.1 Å². The molecule has 1 saturated carbocycles. The predicted molar refractivity (Wildman–Crippen MR) is 63.4 cm³/mol. The summed E-state index contributed by atoms with van der Waals surface area (Å²) < 4.78 is 0. The van der Waals surface area contributed by atoms with Crippen molar-refractivity contribution in [3.05, 3.63) is 0 Å². The second-order valence-corrected chi connectivity index (χ2v) is 5.01. The van der Waals surface area contributed by atoms with E-state index in [1.807, 2.05) is 0 Å². The first-order valence-electron chi connectivity index (χ1n) is 6.32. The lowest BCUT2D eigenvalue weighted by Gasteiger charge is -2.36. The van der Waals surface area contributed by atoms with Crippen molar-refractivity contribution in [3.63, 3.8) is 0 Å². The zero-order valence-electron chi connectivity index (χ0n) is 10.3. The van der Waals surface area contributed by atoms with Gasteiger partial charge in [0, 0.05) is 12.1 Å². The standard InChI is InChI=1S/C13H24N2/c1-4-12(8-9-14)15-13-7-5-6-10(2)11(13)3/h10-13,15H,4-8H2,1-3H3. The molecule has 0 bridgehead atoms. The monoisotopic (exact) mass is 208 g/mol. The number of nitrogens with zero attached hydrogens (tertiary/aromatic N) is 1. The Hall–Kier alpha value is -0.550. The summed E-state index contributed by atoms with van der Waals surface area (Å²) in [6.07, 6.45) is 5.70. The first-order chi connectivity index (χ1) is 7.19. The van der Waals surface area contributed by atoms with Crippen LogP contribution in [0.25, 0.3) is 0 Å². The Morgan fingerprint density at radius 3 is 2.73 bits per heavy atom. The van der Waals surface area contributed by atoms with Crippen molar-refractivity contribution >= 4 is 0 Å². The summed E-state index contributed by atoms with van der Waals surface area (Å²) in [6.45, 7) is 6.86. The van der Waals surface area contributed by atoms with Gasteiger partial charge in [-0.1, -0.05) is 33.6 Å². The Morgan fingerprint density at radius 1 is 1.40 bits per heavy atom. The van der Waals surface area contributed by atoms with Crippen LogP contribution in [-0.2, 0) is 0 Å². The fraction of sp³-hybridized carbons (Fsp3) is 0.923. The first kappa shape index (κ1) is 12.5. The van der Waals surface area contributed by atoms with E-state index in [-0.39, 0.29) is 0 Å². The smallest absolute Gasteiger partial charge is 0.0638 e. The Morgan fingerprint density at radius 2 is 2.13 bits per heavy atom. The molecule has 1 aliphatic rings. The summed E-state index contributed by atoms with van der Waals surface area (Å²) in [5, 5.41) is 12.4. The Kier molecular flexibility index (Phi) is 5.11. The van der Waals surface area contributed by atoms with E-state index in [9.17, 15) is 0 Å². The van der Waals surface area contributed by atoms with Crippen molar-refractivity contribution in [1.29, 1.82) is 5.26 Å². The predicted octanol–water partition coefficient (Wildman–Crippen LogP) is 3.09. The van der Waals surface area contributed by atoms with Crippen LogP contribution >= 0.6 is 0 Å². The summed E-state index contributed by atoms with van der Waals surface area (Å²) in [5.74, 6) is 1.59. The number of nitrogens with one attached hydrogen (secondary N) is 1. The molecule has 15 heavy (non-hydrogen) atoms. The third-order valence-corrected chi connectivity index (χ3v) is 3.99. The van der Waals surface area contributed by atoms with Crippen LogP contribution in [0.5, 0.6) is 0 Å². The van der Waals surface area contributed by atoms with E-state index in [0.29, 0.717) is 18.5 Å². The number of hydrogen-bond acceptors (Lipinski definition) is 2. The molecule has 0 aromatic carbocycles. The van der Waals surface area contributed by atoms with Gasteiger partial charge in [0.05, 0.1) is 12.5 Å². The maximum Gasteiger partial charge on any atom is 0.0638 e. The molecule has 1 rings (SSSR count). The van der Waals surface area contributed by atoms with Crippen molar-refractivity contribution in [3.8, 4) is 6.07 Å². The minimum atomic E-state index is 0.396. The molecule has 1 fully saturated rings. The first-order valence-corrected chi connectivity index (χ1v) is 6.32. The lowest BCUT2D eigenvalue weighted by Crippen LogP contribution is -2.45. The highest BCUT2D eigenvalue weighted by atomic mass is 15.0. The molecule has 0 aliphatic heterocycles. The zero-order valence-corrected chi connectivity index (χ0v) is 10.3. The molecule has 0 spiro atoms. The normalized spacial score (nSPS) is 33.3. The van der Waals surface area contributed by atoms with E-state index in [4.69, 9.17) is 5.26 Å².